The Hall–Kier alpha value is -0.0831. The summed E-state index contributed by atoms with van der Waals surface area (Å²) < 4.78 is 5.84. The Balaban J connectivity index is 4.59. The Bertz CT molecular complexity index is 137. The fourth-order valence-electron chi connectivity index (χ4n) is 2.27. The van der Waals surface area contributed by atoms with E-state index in [0.29, 0.717) is 5.92 Å². The molecule has 0 bridgehead atoms. The zero-order chi connectivity index (χ0) is 10.3. The minimum Gasteiger partial charge on any atom is -0.422 e. The summed E-state index contributed by atoms with van der Waals surface area (Å²) in [6.07, 6.45) is 6.52. The average Bonchev–Trinajstić information content (AvgIpc) is 2.18. The van der Waals surface area contributed by atoms with E-state index in [-0.39, 0.29) is 5.60 Å². The van der Waals surface area contributed by atoms with Crippen LogP contribution in [-0.2, 0) is 4.43 Å². The van der Waals surface area contributed by atoms with Gasteiger partial charge in [0.25, 0.3) is 0 Å². The third-order valence-electron chi connectivity index (χ3n) is 3.22. The molecule has 0 saturated heterocycles. The molecule has 78 valence electrons. The molecule has 0 aromatic rings. The monoisotopic (exact) mass is 200 g/mol. The van der Waals surface area contributed by atoms with Crippen molar-refractivity contribution < 1.29 is 4.43 Å². The van der Waals surface area contributed by atoms with E-state index in [2.05, 4.69) is 27.4 Å². The Labute approximate surface area is 86.1 Å². The molecule has 13 heavy (non-hydrogen) atoms. The largest absolute Gasteiger partial charge is 0.422 e. The van der Waals surface area contributed by atoms with Gasteiger partial charge in [0.2, 0.25) is 0 Å². The zero-order valence-electron chi connectivity index (χ0n) is 9.60. The molecular weight excluding hydrogens is 176 g/mol. The molecule has 1 nitrogen and oxygen atoms in total. The van der Waals surface area contributed by atoms with E-state index < -0.39 is 0 Å². The van der Waals surface area contributed by atoms with Gasteiger partial charge in [0.15, 0.2) is 0 Å². The van der Waals surface area contributed by atoms with Crippen LogP contribution in [0.1, 0.15) is 46.5 Å². The van der Waals surface area contributed by atoms with Gasteiger partial charge in [-0.05, 0) is 18.8 Å². The van der Waals surface area contributed by atoms with Gasteiger partial charge in [-0.1, -0.05) is 39.7 Å². The lowest BCUT2D eigenvalue weighted by molar-refractivity contribution is 0.0101. The first-order chi connectivity index (χ1) is 6.20. The van der Waals surface area contributed by atoms with Crippen LogP contribution in [0.2, 0.25) is 0 Å². The maximum atomic E-state index is 5.84. The quantitative estimate of drug-likeness (QED) is 0.453. The van der Waals surface area contributed by atoms with Crippen LogP contribution in [0.5, 0.6) is 0 Å². The second kappa shape index (κ2) is 6.38. The van der Waals surface area contributed by atoms with E-state index in [1.165, 1.54) is 12.8 Å². The van der Waals surface area contributed by atoms with Gasteiger partial charge in [0.1, 0.15) is 10.5 Å². The summed E-state index contributed by atoms with van der Waals surface area (Å²) in [5, 5.41) is 0. The van der Waals surface area contributed by atoms with Gasteiger partial charge in [0, 0.05) is 0 Å². The van der Waals surface area contributed by atoms with E-state index in [9.17, 15) is 0 Å². The third kappa shape index (κ3) is 2.95. The van der Waals surface area contributed by atoms with E-state index in [1.807, 2.05) is 6.08 Å². The van der Waals surface area contributed by atoms with Crippen molar-refractivity contribution in [2.45, 2.75) is 52.1 Å². The molecule has 0 aromatic heterocycles. The van der Waals surface area contributed by atoms with Crippen LogP contribution in [0.25, 0.3) is 0 Å². The fourth-order valence-corrected chi connectivity index (χ4v) is 3.06. The van der Waals surface area contributed by atoms with Crippen molar-refractivity contribution in [2.75, 3.05) is 0 Å². The van der Waals surface area contributed by atoms with E-state index in [0.717, 1.165) is 23.3 Å². The SMILES string of the molecule is C=CCC(CC)(O[SiH3])C(CC)CC. The molecule has 0 saturated carbocycles. The zero-order valence-corrected chi connectivity index (χ0v) is 11.6. The average molecular weight is 200 g/mol. The van der Waals surface area contributed by atoms with Gasteiger partial charge in [0.05, 0.1) is 5.60 Å². The van der Waals surface area contributed by atoms with Gasteiger partial charge < -0.3 is 4.43 Å². The molecule has 0 rings (SSSR count). The van der Waals surface area contributed by atoms with Crippen LogP contribution in [0.15, 0.2) is 12.7 Å². The molecule has 1 unspecified atom stereocenters. The van der Waals surface area contributed by atoms with Gasteiger partial charge in [-0.3, -0.25) is 0 Å². The smallest absolute Gasteiger partial charge is 0.146 e. The standard InChI is InChI=1S/C11H24OSi/c1-5-9-11(8-4,12-13)10(6-2)7-3/h5,10H,1,6-9H2,2-4,13H3. The molecule has 0 fully saturated rings. The molecule has 0 aliphatic heterocycles. The van der Waals surface area contributed by atoms with Crippen molar-refractivity contribution in [3.8, 4) is 0 Å². The second-order valence-electron chi connectivity index (χ2n) is 3.63. The highest BCUT2D eigenvalue weighted by molar-refractivity contribution is 5.98. The number of hydrogen-bond donors (Lipinski definition) is 0. The van der Waals surface area contributed by atoms with Gasteiger partial charge >= 0.3 is 0 Å². The maximum absolute atomic E-state index is 5.84. The van der Waals surface area contributed by atoms with Crippen LogP contribution in [0.3, 0.4) is 0 Å². The topological polar surface area (TPSA) is 9.23 Å². The van der Waals surface area contributed by atoms with E-state index in [4.69, 9.17) is 4.43 Å². The lowest BCUT2D eigenvalue weighted by Gasteiger charge is -2.38. The predicted octanol–water partition coefficient (Wildman–Crippen LogP) is 2.44. The summed E-state index contributed by atoms with van der Waals surface area (Å²) in [5.74, 6) is 0.688. The normalized spacial score (nSPS) is 16.0. The molecule has 0 aliphatic carbocycles. The number of hydrogen-bond acceptors (Lipinski definition) is 1. The molecule has 0 radical (unpaired) electrons. The Morgan fingerprint density at radius 2 is 1.92 bits per heavy atom. The third-order valence-corrected chi connectivity index (χ3v) is 4.04. The molecule has 0 aliphatic rings. The van der Waals surface area contributed by atoms with E-state index in [1.54, 1.807) is 0 Å². The van der Waals surface area contributed by atoms with Crippen LogP contribution < -0.4 is 0 Å². The first-order valence-electron chi connectivity index (χ1n) is 5.36. The minimum absolute atomic E-state index is 0.0947. The molecule has 0 heterocycles. The predicted molar refractivity (Wildman–Crippen MR) is 62.9 cm³/mol. The van der Waals surface area contributed by atoms with Crippen molar-refractivity contribution in [1.82, 2.24) is 0 Å². The Kier molecular flexibility index (Phi) is 6.34. The summed E-state index contributed by atoms with van der Waals surface area (Å²) in [5.41, 5.74) is 0.0947. The molecule has 0 amide bonds. The molecule has 1 atom stereocenters. The maximum Gasteiger partial charge on any atom is 0.146 e. The summed E-state index contributed by atoms with van der Waals surface area (Å²) in [6, 6.07) is 0. The van der Waals surface area contributed by atoms with Gasteiger partial charge in [-0.15, -0.1) is 6.58 Å². The first-order valence-corrected chi connectivity index (χ1v) is 6.18. The van der Waals surface area contributed by atoms with Crippen LogP contribution in [-0.4, -0.2) is 16.1 Å². The highest BCUT2D eigenvalue weighted by Gasteiger charge is 2.32. The Morgan fingerprint density at radius 3 is 2.15 bits per heavy atom. The molecule has 2 heteroatoms. The fraction of sp³-hybridized carbons (Fsp3) is 0.818. The summed E-state index contributed by atoms with van der Waals surface area (Å²) >= 11 is 0. The van der Waals surface area contributed by atoms with Crippen LogP contribution in [0.4, 0.5) is 0 Å². The second-order valence-corrected chi connectivity index (χ2v) is 4.04. The molecule has 0 spiro atoms. The summed E-state index contributed by atoms with van der Waals surface area (Å²) in [7, 11) is 0.829. The summed E-state index contributed by atoms with van der Waals surface area (Å²) in [4.78, 5) is 0. The molecular formula is C11H24OSi. The van der Waals surface area contributed by atoms with Crippen molar-refractivity contribution in [1.29, 1.82) is 0 Å². The van der Waals surface area contributed by atoms with Crippen molar-refractivity contribution in [2.24, 2.45) is 5.92 Å². The number of rotatable bonds is 7. The summed E-state index contributed by atoms with van der Waals surface area (Å²) in [6.45, 7) is 10.6. The Morgan fingerprint density at radius 1 is 1.38 bits per heavy atom. The lowest BCUT2D eigenvalue weighted by atomic mass is 9.79. The van der Waals surface area contributed by atoms with Crippen molar-refractivity contribution in [3.05, 3.63) is 12.7 Å². The van der Waals surface area contributed by atoms with E-state index >= 15 is 0 Å². The minimum atomic E-state index is 0.0947. The van der Waals surface area contributed by atoms with Gasteiger partial charge in [-0.25, -0.2) is 0 Å². The lowest BCUT2D eigenvalue weighted by Crippen LogP contribution is -2.39. The highest BCUT2D eigenvalue weighted by atomic mass is 28.2. The molecule has 0 N–H and O–H groups in total. The van der Waals surface area contributed by atoms with Crippen LogP contribution >= 0.6 is 0 Å². The van der Waals surface area contributed by atoms with Crippen molar-refractivity contribution in [3.63, 3.8) is 0 Å². The highest BCUT2D eigenvalue weighted by Crippen LogP contribution is 2.33. The first kappa shape index (κ1) is 12.9. The van der Waals surface area contributed by atoms with Crippen molar-refractivity contribution >= 4 is 10.5 Å². The van der Waals surface area contributed by atoms with Crippen LogP contribution in [0, 0.1) is 5.92 Å². The van der Waals surface area contributed by atoms with Gasteiger partial charge in [-0.2, -0.15) is 0 Å². The molecule has 0 aromatic carbocycles.